The first-order valence-electron chi connectivity index (χ1n) is 6.08. The number of rotatable bonds is 3. The molecule has 0 bridgehead atoms. The Kier molecular flexibility index (Phi) is 3.29. The summed E-state index contributed by atoms with van der Waals surface area (Å²) in [5, 5.41) is 7.88. The van der Waals surface area contributed by atoms with E-state index in [-0.39, 0.29) is 0 Å². The summed E-state index contributed by atoms with van der Waals surface area (Å²) in [4.78, 5) is 0. The van der Waals surface area contributed by atoms with Crippen LogP contribution >= 0.6 is 0 Å². The average molecular weight is 207 g/mol. The molecule has 1 aliphatic rings. The molecule has 1 aromatic heterocycles. The lowest BCUT2D eigenvalue weighted by molar-refractivity contribution is 0.349. The van der Waals surface area contributed by atoms with E-state index in [1.54, 1.807) is 0 Å². The van der Waals surface area contributed by atoms with E-state index in [4.69, 9.17) is 0 Å². The van der Waals surface area contributed by atoms with Gasteiger partial charge in [-0.3, -0.25) is 4.68 Å². The molecule has 0 aliphatic heterocycles. The summed E-state index contributed by atoms with van der Waals surface area (Å²) in [6.07, 6.45) is 9.46. The highest BCUT2D eigenvalue weighted by molar-refractivity contribution is 5.39. The number of hydrogen-bond acceptors (Lipinski definition) is 2. The van der Waals surface area contributed by atoms with Crippen LogP contribution in [0.4, 0.5) is 5.69 Å². The molecule has 3 nitrogen and oxygen atoms in total. The maximum Gasteiger partial charge on any atom is 0.0728 e. The summed E-state index contributed by atoms with van der Waals surface area (Å²) >= 11 is 0. The SMILES string of the molecule is CCn1cc(N[C@@H]2CCCC[C@H]2C)cn1. The second-order valence-electron chi connectivity index (χ2n) is 4.60. The second kappa shape index (κ2) is 4.69. The molecule has 0 unspecified atom stereocenters. The van der Waals surface area contributed by atoms with E-state index in [1.165, 1.54) is 31.4 Å². The van der Waals surface area contributed by atoms with Gasteiger partial charge in [0.1, 0.15) is 0 Å². The van der Waals surface area contributed by atoms with E-state index in [2.05, 4.69) is 30.5 Å². The molecule has 1 aromatic rings. The van der Waals surface area contributed by atoms with Crippen LogP contribution in [0.25, 0.3) is 0 Å². The second-order valence-corrected chi connectivity index (χ2v) is 4.60. The molecule has 15 heavy (non-hydrogen) atoms. The maximum absolute atomic E-state index is 4.28. The van der Waals surface area contributed by atoms with E-state index in [1.807, 2.05) is 10.9 Å². The number of aromatic nitrogens is 2. The Labute approximate surface area is 91.9 Å². The molecule has 1 aliphatic carbocycles. The van der Waals surface area contributed by atoms with Gasteiger partial charge in [-0.25, -0.2) is 0 Å². The first kappa shape index (κ1) is 10.5. The van der Waals surface area contributed by atoms with Gasteiger partial charge in [0, 0.05) is 18.8 Å². The molecular formula is C12H21N3. The highest BCUT2D eigenvalue weighted by Crippen LogP contribution is 2.26. The van der Waals surface area contributed by atoms with E-state index in [9.17, 15) is 0 Å². The maximum atomic E-state index is 4.28. The fourth-order valence-electron chi connectivity index (χ4n) is 2.36. The Morgan fingerprint density at radius 3 is 2.93 bits per heavy atom. The lowest BCUT2D eigenvalue weighted by atomic mass is 9.86. The van der Waals surface area contributed by atoms with Gasteiger partial charge < -0.3 is 5.32 Å². The zero-order chi connectivity index (χ0) is 10.7. The smallest absolute Gasteiger partial charge is 0.0728 e. The van der Waals surface area contributed by atoms with Crippen LogP contribution in [0.1, 0.15) is 39.5 Å². The first-order chi connectivity index (χ1) is 7.29. The Morgan fingerprint density at radius 1 is 1.47 bits per heavy atom. The minimum atomic E-state index is 0.647. The van der Waals surface area contributed by atoms with Crippen molar-refractivity contribution in [3.05, 3.63) is 12.4 Å². The van der Waals surface area contributed by atoms with E-state index >= 15 is 0 Å². The molecule has 3 heteroatoms. The third-order valence-electron chi connectivity index (χ3n) is 3.42. The van der Waals surface area contributed by atoms with E-state index in [0.29, 0.717) is 6.04 Å². The van der Waals surface area contributed by atoms with Crippen molar-refractivity contribution in [3.8, 4) is 0 Å². The van der Waals surface area contributed by atoms with Crippen LogP contribution in [0.3, 0.4) is 0 Å². The predicted molar refractivity (Wildman–Crippen MR) is 62.9 cm³/mol. The average Bonchev–Trinajstić information content (AvgIpc) is 2.69. The van der Waals surface area contributed by atoms with Gasteiger partial charge in [-0.05, 0) is 25.7 Å². The molecule has 0 saturated heterocycles. The molecule has 2 rings (SSSR count). The molecule has 84 valence electrons. The van der Waals surface area contributed by atoms with Crippen molar-refractivity contribution in [1.29, 1.82) is 0 Å². The van der Waals surface area contributed by atoms with E-state index in [0.717, 1.165) is 12.5 Å². The zero-order valence-corrected chi connectivity index (χ0v) is 9.74. The summed E-state index contributed by atoms with van der Waals surface area (Å²) in [7, 11) is 0. The van der Waals surface area contributed by atoms with Gasteiger partial charge in [0.25, 0.3) is 0 Å². The standard InChI is InChI=1S/C12H21N3/c1-3-15-9-11(8-13-15)14-12-7-5-4-6-10(12)2/h8-10,12,14H,3-7H2,1-2H3/t10-,12-/m1/s1. The van der Waals surface area contributed by atoms with Crippen molar-refractivity contribution in [3.63, 3.8) is 0 Å². The Bertz CT molecular complexity index is 306. The highest BCUT2D eigenvalue weighted by Gasteiger charge is 2.21. The lowest BCUT2D eigenvalue weighted by Gasteiger charge is -2.29. The molecular weight excluding hydrogens is 186 g/mol. The van der Waals surface area contributed by atoms with Gasteiger partial charge in [0.2, 0.25) is 0 Å². The van der Waals surface area contributed by atoms with Crippen LogP contribution in [0, 0.1) is 5.92 Å². The lowest BCUT2D eigenvalue weighted by Crippen LogP contribution is -2.30. The zero-order valence-electron chi connectivity index (χ0n) is 9.74. The van der Waals surface area contributed by atoms with Crippen molar-refractivity contribution in [2.45, 2.75) is 52.1 Å². The number of hydrogen-bond donors (Lipinski definition) is 1. The van der Waals surface area contributed by atoms with Gasteiger partial charge in [-0.1, -0.05) is 19.8 Å². The number of nitrogens with one attached hydrogen (secondary N) is 1. The third kappa shape index (κ3) is 2.52. The fourth-order valence-corrected chi connectivity index (χ4v) is 2.36. The van der Waals surface area contributed by atoms with Crippen LogP contribution in [0.5, 0.6) is 0 Å². The number of anilines is 1. The van der Waals surface area contributed by atoms with Gasteiger partial charge >= 0.3 is 0 Å². The molecule has 0 radical (unpaired) electrons. The first-order valence-corrected chi connectivity index (χ1v) is 6.08. The Morgan fingerprint density at radius 2 is 2.27 bits per heavy atom. The summed E-state index contributed by atoms with van der Waals surface area (Å²) in [5.74, 6) is 0.795. The quantitative estimate of drug-likeness (QED) is 0.826. The highest BCUT2D eigenvalue weighted by atomic mass is 15.3. The normalized spacial score (nSPS) is 26.5. The van der Waals surface area contributed by atoms with Crippen LogP contribution in [-0.2, 0) is 6.54 Å². The van der Waals surface area contributed by atoms with Crippen molar-refractivity contribution in [2.24, 2.45) is 5.92 Å². The molecule has 0 spiro atoms. The minimum Gasteiger partial charge on any atom is -0.380 e. The molecule has 1 heterocycles. The van der Waals surface area contributed by atoms with Crippen molar-refractivity contribution in [1.82, 2.24) is 9.78 Å². The number of aryl methyl sites for hydroxylation is 1. The minimum absolute atomic E-state index is 0.647. The molecule has 2 atom stereocenters. The van der Waals surface area contributed by atoms with Gasteiger partial charge in [-0.2, -0.15) is 5.10 Å². The topological polar surface area (TPSA) is 29.9 Å². The van der Waals surface area contributed by atoms with Crippen molar-refractivity contribution in [2.75, 3.05) is 5.32 Å². The van der Waals surface area contributed by atoms with E-state index < -0.39 is 0 Å². The third-order valence-corrected chi connectivity index (χ3v) is 3.42. The Balaban J connectivity index is 1.95. The molecule has 0 amide bonds. The largest absolute Gasteiger partial charge is 0.380 e. The van der Waals surface area contributed by atoms with Gasteiger partial charge in [0.15, 0.2) is 0 Å². The van der Waals surface area contributed by atoms with Gasteiger partial charge in [0.05, 0.1) is 11.9 Å². The summed E-state index contributed by atoms with van der Waals surface area (Å²) in [6, 6.07) is 0.647. The summed E-state index contributed by atoms with van der Waals surface area (Å²) in [5.41, 5.74) is 1.18. The van der Waals surface area contributed by atoms with Crippen LogP contribution in [-0.4, -0.2) is 15.8 Å². The van der Waals surface area contributed by atoms with Crippen molar-refractivity contribution < 1.29 is 0 Å². The molecule has 1 N–H and O–H groups in total. The molecule has 1 fully saturated rings. The van der Waals surface area contributed by atoms with Crippen molar-refractivity contribution >= 4 is 5.69 Å². The van der Waals surface area contributed by atoms with Crippen LogP contribution in [0.2, 0.25) is 0 Å². The monoisotopic (exact) mass is 207 g/mol. The number of nitrogens with zero attached hydrogens (tertiary/aromatic N) is 2. The van der Waals surface area contributed by atoms with Crippen LogP contribution in [0.15, 0.2) is 12.4 Å². The summed E-state index contributed by atoms with van der Waals surface area (Å²) < 4.78 is 1.97. The Hall–Kier alpha value is -0.990. The fraction of sp³-hybridized carbons (Fsp3) is 0.750. The molecule has 1 saturated carbocycles. The van der Waals surface area contributed by atoms with Gasteiger partial charge in [-0.15, -0.1) is 0 Å². The van der Waals surface area contributed by atoms with Crippen LogP contribution < -0.4 is 5.32 Å². The predicted octanol–water partition coefficient (Wildman–Crippen LogP) is 2.89. The summed E-state index contributed by atoms with van der Waals surface area (Å²) in [6.45, 7) is 5.41. The molecule has 0 aromatic carbocycles.